The molecule has 3 aromatic carbocycles. The van der Waals surface area contributed by atoms with Gasteiger partial charge in [-0.1, -0.05) is 29.3 Å². The van der Waals surface area contributed by atoms with E-state index in [1.807, 2.05) is 4.90 Å². The summed E-state index contributed by atoms with van der Waals surface area (Å²) in [6.07, 6.45) is 4.23. The smallest absolute Gasteiger partial charge is 0.342 e. The fraction of sp³-hybridized carbons (Fsp3) is 0.211. The van der Waals surface area contributed by atoms with Gasteiger partial charge < -0.3 is 39.4 Å². The molecule has 0 unspecified atom stereocenters. The number of carbonyl (C=O) groups is 1. The minimum Gasteiger partial charge on any atom is -0.477 e. The molecule has 2 aliphatic heterocycles. The number of nitrogens with zero attached hydrogens (tertiary/aromatic N) is 6. The second-order valence-corrected chi connectivity index (χ2v) is 14.2. The number of morpholine rings is 2. The molecule has 5 heterocycles. The molecule has 8 rings (SSSR count). The van der Waals surface area contributed by atoms with Gasteiger partial charge in [-0.05, 0) is 70.0 Å². The van der Waals surface area contributed by atoms with Gasteiger partial charge in [0.25, 0.3) is 0 Å². The van der Waals surface area contributed by atoms with Crippen molar-refractivity contribution in [3.8, 4) is 11.1 Å². The molecule has 0 spiro atoms. The van der Waals surface area contributed by atoms with Crippen LogP contribution in [0, 0.1) is 11.6 Å². The number of aromatic carboxylic acids is 1. The molecule has 3 N–H and O–H groups in total. The molecule has 2 fully saturated rings. The van der Waals surface area contributed by atoms with Gasteiger partial charge in [0.2, 0.25) is 17.3 Å². The van der Waals surface area contributed by atoms with Crippen molar-refractivity contribution in [2.75, 3.05) is 73.0 Å². The third kappa shape index (κ3) is 9.40. The van der Waals surface area contributed by atoms with Crippen molar-refractivity contribution in [1.82, 2.24) is 19.9 Å². The highest BCUT2D eigenvalue weighted by Crippen LogP contribution is 2.33. The van der Waals surface area contributed by atoms with Crippen molar-refractivity contribution in [3.05, 3.63) is 115 Å². The SMILES string of the molecule is Fc1ccc(Nc2ncc(Br)c(N3CCOCC3)n2)cc1Cl.O=C(O)c1coc2ccc(-c3cnc(Nc4ccc(F)c(Cl)c4)nc3N3CCOCC3)cc2c1=O. The van der Waals surface area contributed by atoms with E-state index < -0.39 is 28.6 Å². The molecular formula is C38H31BrCl2F2N8O6. The van der Waals surface area contributed by atoms with Gasteiger partial charge in [0.1, 0.15) is 40.7 Å². The van der Waals surface area contributed by atoms with Gasteiger partial charge in [0.15, 0.2) is 0 Å². The van der Waals surface area contributed by atoms with Crippen LogP contribution in [-0.4, -0.2) is 83.6 Å². The molecule has 6 aromatic rings. The molecule has 0 bridgehead atoms. The third-order valence-electron chi connectivity index (χ3n) is 8.78. The normalized spacial score (nSPS) is 14.2. The van der Waals surface area contributed by atoms with Crippen molar-refractivity contribution in [2.45, 2.75) is 0 Å². The van der Waals surface area contributed by atoms with Gasteiger partial charge >= 0.3 is 5.97 Å². The molecule has 2 aliphatic rings. The summed E-state index contributed by atoms with van der Waals surface area (Å²) in [5.41, 5.74) is 1.58. The zero-order valence-electron chi connectivity index (χ0n) is 29.6. The summed E-state index contributed by atoms with van der Waals surface area (Å²) in [6.45, 7) is 5.11. The second-order valence-electron chi connectivity index (χ2n) is 12.5. The van der Waals surface area contributed by atoms with Crippen LogP contribution in [0.5, 0.6) is 0 Å². The first-order valence-electron chi connectivity index (χ1n) is 17.3. The van der Waals surface area contributed by atoms with Crippen LogP contribution in [0.2, 0.25) is 10.0 Å². The molecule has 0 amide bonds. The van der Waals surface area contributed by atoms with E-state index in [9.17, 15) is 23.5 Å². The molecule has 0 radical (unpaired) electrons. The maximum atomic E-state index is 13.5. The highest BCUT2D eigenvalue weighted by atomic mass is 79.9. The van der Waals surface area contributed by atoms with E-state index in [0.29, 0.717) is 73.8 Å². The number of anilines is 6. The number of fused-ring (bicyclic) bond motifs is 1. The highest BCUT2D eigenvalue weighted by Gasteiger charge is 2.21. The van der Waals surface area contributed by atoms with Crippen molar-refractivity contribution in [1.29, 1.82) is 0 Å². The van der Waals surface area contributed by atoms with E-state index in [-0.39, 0.29) is 27.0 Å². The lowest BCUT2D eigenvalue weighted by Crippen LogP contribution is -2.37. The summed E-state index contributed by atoms with van der Waals surface area (Å²) in [7, 11) is 0. The van der Waals surface area contributed by atoms with Gasteiger partial charge in [-0.2, -0.15) is 9.97 Å². The Morgan fingerprint density at radius 1 is 0.772 bits per heavy atom. The number of benzene rings is 3. The minimum absolute atomic E-state index is 0.0317. The average Bonchev–Trinajstić information content (AvgIpc) is 3.22. The summed E-state index contributed by atoms with van der Waals surface area (Å²) in [5.74, 6) is -0.267. The predicted octanol–water partition coefficient (Wildman–Crippen LogP) is 7.93. The van der Waals surface area contributed by atoms with Crippen LogP contribution in [0.4, 0.5) is 43.7 Å². The van der Waals surface area contributed by atoms with Crippen LogP contribution in [-0.2, 0) is 9.47 Å². The summed E-state index contributed by atoms with van der Waals surface area (Å²) < 4.78 is 43.7. The Hall–Kier alpha value is -5.46. The highest BCUT2D eigenvalue weighted by molar-refractivity contribution is 9.10. The molecular weight excluding hydrogens is 853 g/mol. The van der Waals surface area contributed by atoms with Crippen molar-refractivity contribution in [2.24, 2.45) is 0 Å². The van der Waals surface area contributed by atoms with Crippen LogP contribution < -0.4 is 25.9 Å². The van der Waals surface area contributed by atoms with Crippen LogP contribution >= 0.6 is 39.1 Å². The zero-order chi connectivity index (χ0) is 40.1. The maximum absolute atomic E-state index is 13.5. The molecule has 3 aromatic heterocycles. The number of nitrogens with one attached hydrogen (secondary N) is 2. The number of ether oxygens (including phenoxy) is 2. The van der Waals surface area contributed by atoms with E-state index in [4.69, 9.17) is 37.1 Å². The lowest BCUT2D eigenvalue weighted by atomic mass is 10.0. The molecule has 0 saturated carbocycles. The van der Waals surface area contributed by atoms with E-state index in [1.165, 1.54) is 30.3 Å². The Balaban J connectivity index is 0.000000194. The standard InChI is InChI=1S/C24H18ClFN4O5.C14H13BrClFN4O/c25-18-10-14(2-3-19(18)26)28-24-27-11-16(22(29-24)30-5-7-34-8-6-30)13-1-4-20-15(9-13)21(31)17(12-35-20)23(32)33;15-10-8-18-14(19-9-1-2-12(17)11(16)7-9)20-13(10)21-3-5-22-6-4-21/h1-4,9-12H,5-8H2,(H,32,33)(H,27,28,29);1-2,7-8H,3-6H2,(H,18,19,20). The molecule has 14 nitrogen and oxygen atoms in total. The Bertz CT molecular complexity index is 2510. The number of aromatic nitrogens is 4. The Morgan fingerprint density at radius 2 is 1.32 bits per heavy atom. The third-order valence-corrected chi connectivity index (χ3v) is 9.92. The predicted molar refractivity (Wildman–Crippen MR) is 216 cm³/mol. The molecule has 0 aliphatic carbocycles. The lowest BCUT2D eigenvalue weighted by Gasteiger charge is -2.29. The minimum atomic E-state index is -1.36. The Kier molecular flexibility index (Phi) is 12.4. The summed E-state index contributed by atoms with van der Waals surface area (Å²) >= 11 is 15.1. The van der Waals surface area contributed by atoms with Crippen molar-refractivity contribution >= 4 is 91.0 Å². The number of carboxylic acid groups (broad SMARTS) is 1. The fourth-order valence-electron chi connectivity index (χ4n) is 5.92. The topological polar surface area (TPSA) is 168 Å². The number of carboxylic acids is 1. The van der Waals surface area contributed by atoms with Crippen LogP contribution in [0.3, 0.4) is 0 Å². The number of rotatable bonds is 8. The Morgan fingerprint density at radius 3 is 1.88 bits per heavy atom. The van der Waals surface area contributed by atoms with Gasteiger partial charge in [-0.25, -0.2) is 23.5 Å². The number of hydrogen-bond donors (Lipinski definition) is 3. The zero-order valence-corrected chi connectivity index (χ0v) is 32.7. The van der Waals surface area contributed by atoms with Gasteiger partial charge in [0, 0.05) is 55.5 Å². The first-order chi connectivity index (χ1) is 27.5. The molecule has 0 atom stereocenters. The number of hydrogen-bond acceptors (Lipinski definition) is 13. The molecule has 294 valence electrons. The molecule has 2 saturated heterocycles. The van der Waals surface area contributed by atoms with E-state index in [0.717, 1.165) is 29.6 Å². The van der Waals surface area contributed by atoms with Crippen molar-refractivity contribution in [3.63, 3.8) is 0 Å². The largest absolute Gasteiger partial charge is 0.477 e. The average molecular weight is 885 g/mol. The van der Waals surface area contributed by atoms with Crippen LogP contribution in [0.1, 0.15) is 10.4 Å². The quantitative estimate of drug-likeness (QED) is 0.135. The van der Waals surface area contributed by atoms with Crippen LogP contribution in [0.25, 0.3) is 22.1 Å². The second kappa shape index (κ2) is 17.8. The summed E-state index contributed by atoms with van der Waals surface area (Å²) in [6, 6.07) is 13.5. The van der Waals surface area contributed by atoms with E-state index in [1.54, 1.807) is 36.7 Å². The summed E-state index contributed by atoms with van der Waals surface area (Å²) in [5, 5.41) is 15.5. The van der Waals surface area contributed by atoms with E-state index in [2.05, 4.69) is 51.4 Å². The van der Waals surface area contributed by atoms with Gasteiger partial charge in [0.05, 0.1) is 46.3 Å². The van der Waals surface area contributed by atoms with Crippen molar-refractivity contribution < 1.29 is 32.6 Å². The fourth-order valence-corrected chi connectivity index (χ4v) is 6.72. The first kappa shape index (κ1) is 39.8. The Labute approximate surface area is 341 Å². The van der Waals surface area contributed by atoms with Gasteiger partial charge in [-0.3, -0.25) is 4.79 Å². The first-order valence-corrected chi connectivity index (χ1v) is 18.9. The van der Waals surface area contributed by atoms with Crippen LogP contribution in [0.15, 0.2) is 86.9 Å². The maximum Gasteiger partial charge on any atom is 0.342 e. The lowest BCUT2D eigenvalue weighted by molar-refractivity contribution is 0.0693. The van der Waals surface area contributed by atoms with E-state index >= 15 is 0 Å². The molecule has 57 heavy (non-hydrogen) atoms. The number of halogens is 5. The monoisotopic (exact) mass is 882 g/mol. The van der Waals surface area contributed by atoms with Gasteiger partial charge in [-0.15, -0.1) is 0 Å². The molecule has 19 heteroatoms. The summed E-state index contributed by atoms with van der Waals surface area (Å²) in [4.78, 5) is 46.0.